The third-order valence-corrected chi connectivity index (χ3v) is 4.61. The number of pyridine rings is 1. The molecule has 0 aliphatic rings. The molecule has 0 bridgehead atoms. The minimum Gasteiger partial charge on any atom is -0.396 e. The Balaban J connectivity index is 1.63. The second-order valence-corrected chi connectivity index (χ2v) is 6.59. The molecule has 0 radical (unpaired) electrons. The molecule has 0 fully saturated rings. The molecule has 2 aromatic carbocycles. The van der Waals surface area contributed by atoms with Crippen LogP contribution >= 0.6 is 0 Å². The second-order valence-electron chi connectivity index (χ2n) is 6.59. The summed E-state index contributed by atoms with van der Waals surface area (Å²) in [6.07, 6.45) is 3.52. The average Bonchev–Trinajstić information content (AvgIpc) is 2.78. The van der Waals surface area contributed by atoms with Gasteiger partial charge in [-0.05, 0) is 47.0 Å². The van der Waals surface area contributed by atoms with E-state index in [2.05, 4.69) is 10.3 Å². The van der Waals surface area contributed by atoms with Crippen LogP contribution in [0.2, 0.25) is 0 Å². The minimum atomic E-state index is -0.163. The minimum absolute atomic E-state index is 0.0998. The molecule has 0 saturated carbocycles. The molecule has 1 aromatic heterocycles. The highest BCUT2D eigenvalue weighted by Gasteiger charge is 2.10. The van der Waals surface area contributed by atoms with Gasteiger partial charge in [-0.15, -0.1) is 0 Å². The monoisotopic (exact) mass is 389 g/mol. The van der Waals surface area contributed by atoms with Crippen LogP contribution < -0.4 is 10.2 Å². The highest BCUT2D eigenvalue weighted by Crippen LogP contribution is 2.23. The molecule has 148 valence electrons. The van der Waals surface area contributed by atoms with Gasteiger partial charge in [-0.1, -0.05) is 30.3 Å². The number of benzene rings is 2. The SMILES string of the molecule is CN(C(=O)CCO)c1ccc(-c2ccc(C(=O)NCc3cccnc3)cc2)cc1. The zero-order valence-corrected chi connectivity index (χ0v) is 16.2. The fraction of sp³-hybridized carbons (Fsp3) is 0.174. The number of aliphatic hydroxyl groups is 1. The van der Waals surface area contributed by atoms with Crippen LogP contribution in [-0.2, 0) is 11.3 Å². The molecule has 0 unspecified atom stereocenters. The van der Waals surface area contributed by atoms with Crippen LogP contribution in [-0.4, -0.2) is 35.6 Å². The normalized spacial score (nSPS) is 10.4. The molecule has 0 atom stereocenters. The summed E-state index contributed by atoms with van der Waals surface area (Å²) in [5.41, 5.74) is 4.26. The van der Waals surface area contributed by atoms with Gasteiger partial charge in [0.15, 0.2) is 0 Å². The summed E-state index contributed by atoms with van der Waals surface area (Å²) in [5.74, 6) is -0.276. The van der Waals surface area contributed by atoms with Crippen molar-refractivity contribution in [2.45, 2.75) is 13.0 Å². The van der Waals surface area contributed by atoms with E-state index in [0.29, 0.717) is 12.1 Å². The van der Waals surface area contributed by atoms with E-state index in [-0.39, 0.29) is 24.8 Å². The number of anilines is 1. The Morgan fingerprint density at radius 1 is 1.00 bits per heavy atom. The third kappa shape index (κ3) is 5.27. The Labute approximate surface area is 169 Å². The molecule has 3 aromatic rings. The molecule has 29 heavy (non-hydrogen) atoms. The number of carbonyl (C=O) groups is 2. The van der Waals surface area contributed by atoms with Crippen LogP contribution in [0.4, 0.5) is 5.69 Å². The molecule has 0 aliphatic heterocycles. The van der Waals surface area contributed by atoms with Crippen molar-refractivity contribution >= 4 is 17.5 Å². The molecule has 6 heteroatoms. The smallest absolute Gasteiger partial charge is 0.251 e. The molecular formula is C23H23N3O3. The maximum Gasteiger partial charge on any atom is 0.251 e. The number of nitrogens with zero attached hydrogens (tertiary/aromatic N) is 2. The van der Waals surface area contributed by atoms with Crippen molar-refractivity contribution in [3.63, 3.8) is 0 Å². The maximum atomic E-state index is 12.3. The van der Waals surface area contributed by atoms with Gasteiger partial charge in [-0.3, -0.25) is 14.6 Å². The summed E-state index contributed by atoms with van der Waals surface area (Å²) in [4.78, 5) is 29.7. The molecule has 1 heterocycles. The van der Waals surface area contributed by atoms with Crippen LogP contribution in [0.5, 0.6) is 0 Å². The van der Waals surface area contributed by atoms with Crippen LogP contribution in [0.1, 0.15) is 22.3 Å². The van der Waals surface area contributed by atoms with Gasteiger partial charge in [-0.25, -0.2) is 0 Å². The summed E-state index contributed by atoms with van der Waals surface area (Å²) >= 11 is 0. The van der Waals surface area contributed by atoms with E-state index < -0.39 is 0 Å². The molecule has 6 nitrogen and oxygen atoms in total. The van der Waals surface area contributed by atoms with Crippen molar-refractivity contribution in [1.29, 1.82) is 0 Å². The largest absolute Gasteiger partial charge is 0.396 e. The number of hydrogen-bond acceptors (Lipinski definition) is 4. The van der Waals surface area contributed by atoms with Crippen molar-refractivity contribution in [3.8, 4) is 11.1 Å². The average molecular weight is 389 g/mol. The summed E-state index contributed by atoms with van der Waals surface area (Å²) in [6, 6.07) is 18.7. The molecule has 0 spiro atoms. The Kier molecular flexibility index (Phi) is 6.71. The van der Waals surface area contributed by atoms with Gasteiger partial charge in [-0.2, -0.15) is 0 Å². The number of carbonyl (C=O) groups excluding carboxylic acids is 2. The predicted octanol–water partition coefficient (Wildman–Crippen LogP) is 3.02. The Morgan fingerprint density at radius 2 is 1.66 bits per heavy atom. The van der Waals surface area contributed by atoms with E-state index >= 15 is 0 Å². The van der Waals surface area contributed by atoms with E-state index in [1.54, 1.807) is 31.6 Å². The first-order valence-corrected chi connectivity index (χ1v) is 9.33. The van der Waals surface area contributed by atoms with Crippen LogP contribution in [0.3, 0.4) is 0 Å². The fourth-order valence-electron chi connectivity index (χ4n) is 2.89. The second kappa shape index (κ2) is 9.61. The standard InChI is InChI=1S/C23H23N3O3/c1-26(22(28)12-14-27)21-10-8-19(9-11-21)18-4-6-20(7-5-18)23(29)25-16-17-3-2-13-24-15-17/h2-11,13,15,27H,12,14,16H2,1H3,(H,25,29). The molecule has 0 aliphatic carbocycles. The quantitative estimate of drug-likeness (QED) is 0.651. The van der Waals surface area contributed by atoms with Crippen LogP contribution in [0.15, 0.2) is 73.1 Å². The highest BCUT2D eigenvalue weighted by atomic mass is 16.3. The van der Waals surface area contributed by atoms with Crippen molar-refractivity contribution in [2.24, 2.45) is 0 Å². The van der Waals surface area contributed by atoms with Gasteiger partial charge < -0.3 is 15.3 Å². The lowest BCUT2D eigenvalue weighted by molar-refractivity contribution is -0.118. The number of hydrogen-bond donors (Lipinski definition) is 2. The van der Waals surface area contributed by atoms with Crippen molar-refractivity contribution < 1.29 is 14.7 Å². The Hall–Kier alpha value is -3.51. The lowest BCUT2D eigenvalue weighted by atomic mass is 10.0. The van der Waals surface area contributed by atoms with Gasteiger partial charge in [0.05, 0.1) is 13.0 Å². The molecule has 3 rings (SSSR count). The van der Waals surface area contributed by atoms with Gasteiger partial charge >= 0.3 is 0 Å². The molecule has 2 amide bonds. The zero-order valence-electron chi connectivity index (χ0n) is 16.2. The van der Waals surface area contributed by atoms with Gasteiger partial charge in [0.1, 0.15) is 0 Å². The van der Waals surface area contributed by atoms with Crippen LogP contribution in [0.25, 0.3) is 11.1 Å². The summed E-state index contributed by atoms with van der Waals surface area (Å²) < 4.78 is 0. The highest BCUT2D eigenvalue weighted by molar-refractivity contribution is 5.95. The lowest BCUT2D eigenvalue weighted by Crippen LogP contribution is -2.26. The van der Waals surface area contributed by atoms with E-state index in [9.17, 15) is 9.59 Å². The first kappa shape index (κ1) is 20.2. The first-order chi connectivity index (χ1) is 14.1. The number of amides is 2. The van der Waals surface area contributed by atoms with Crippen molar-refractivity contribution in [1.82, 2.24) is 10.3 Å². The number of aliphatic hydroxyl groups excluding tert-OH is 1. The van der Waals surface area contributed by atoms with Gasteiger partial charge in [0, 0.05) is 37.2 Å². The summed E-state index contributed by atoms with van der Waals surface area (Å²) in [7, 11) is 1.69. The fourth-order valence-corrected chi connectivity index (χ4v) is 2.89. The molecule has 2 N–H and O–H groups in total. The predicted molar refractivity (Wildman–Crippen MR) is 112 cm³/mol. The summed E-state index contributed by atoms with van der Waals surface area (Å²) in [5, 5.41) is 11.8. The third-order valence-electron chi connectivity index (χ3n) is 4.61. The Bertz CT molecular complexity index is 955. The van der Waals surface area contributed by atoms with Crippen molar-refractivity contribution in [2.75, 3.05) is 18.6 Å². The number of nitrogens with one attached hydrogen (secondary N) is 1. The van der Waals surface area contributed by atoms with Gasteiger partial charge in [0.25, 0.3) is 5.91 Å². The molecular weight excluding hydrogens is 366 g/mol. The maximum absolute atomic E-state index is 12.3. The summed E-state index contributed by atoms with van der Waals surface area (Å²) in [6.45, 7) is 0.266. The van der Waals surface area contributed by atoms with Crippen molar-refractivity contribution in [3.05, 3.63) is 84.2 Å². The zero-order chi connectivity index (χ0) is 20.6. The topological polar surface area (TPSA) is 82.5 Å². The number of aromatic nitrogens is 1. The number of rotatable bonds is 7. The van der Waals surface area contributed by atoms with E-state index in [4.69, 9.17) is 5.11 Å². The van der Waals surface area contributed by atoms with E-state index in [1.807, 2.05) is 48.5 Å². The Morgan fingerprint density at radius 3 is 2.24 bits per heavy atom. The van der Waals surface area contributed by atoms with Gasteiger partial charge in [0.2, 0.25) is 5.91 Å². The van der Waals surface area contributed by atoms with E-state index in [1.165, 1.54) is 4.90 Å². The van der Waals surface area contributed by atoms with Crippen LogP contribution in [0, 0.1) is 0 Å². The van der Waals surface area contributed by atoms with E-state index in [0.717, 1.165) is 22.4 Å². The first-order valence-electron chi connectivity index (χ1n) is 9.33. The molecule has 0 saturated heterocycles. The lowest BCUT2D eigenvalue weighted by Gasteiger charge is -2.17.